The van der Waals surface area contributed by atoms with Crippen LogP contribution >= 0.6 is 22.9 Å². The first-order valence-corrected chi connectivity index (χ1v) is 12.4. The van der Waals surface area contributed by atoms with Gasteiger partial charge in [-0.05, 0) is 49.3 Å². The Hall–Kier alpha value is -2.18. The van der Waals surface area contributed by atoms with Crippen LogP contribution in [0.2, 0.25) is 5.02 Å². The average molecular weight is 470 g/mol. The molecular weight excluding hydrogens is 442 g/mol. The molecule has 1 saturated heterocycles. The lowest BCUT2D eigenvalue weighted by Gasteiger charge is -2.43. The number of likely N-dealkylation sites (tertiary alicyclic amines) is 1. The summed E-state index contributed by atoms with van der Waals surface area (Å²) in [4.78, 5) is 37.2. The van der Waals surface area contributed by atoms with Crippen LogP contribution in [0.15, 0.2) is 18.3 Å². The fourth-order valence-electron chi connectivity index (χ4n) is 5.06. The molecule has 1 amide bonds. The van der Waals surface area contributed by atoms with Crippen LogP contribution in [0.5, 0.6) is 0 Å². The summed E-state index contributed by atoms with van der Waals surface area (Å²) in [5.41, 5.74) is 3.25. The van der Waals surface area contributed by atoms with Crippen molar-refractivity contribution in [2.75, 3.05) is 13.1 Å². The third-order valence-corrected chi connectivity index (χ3v) is 8.76. The van der Waals surface area contributed by atoms with Gasteiger partial charge in [-0.25, -0.2) is 4.98 Å². The molecule has 7 heteroatoms. The highest BCUT2D eigenvalue weighted by Crippen LogP contribution is 2.46. The number of hydrogen-bond acceptors (Lipinski definition) is 4. The van der Waals surface area contributed by atoms with E-state index in [9.17, 15) is 9.59 Å². The van der Waals surface area contributed by atoms with E-state index in [-0.39, 0.29) is 22.5 Å². The van der Waals surface area contributed by atoms with E-state index < -0.39 is 0 Å². The highest BCUT2D eigenvalue weighted by Gasteiger charge is 2.44. The highest BCUT2D eigenvalue weighted by atomic mass is 35.5. The molecule has 0 unspecified atom stereocenters. The molecule has 3 heterocycles. The van der Waals surface area contributed by atoms with Crippen LogP contribution in [0.25, 0.3) is 10.9 Å². The summed E-state index contributed by atoms with van der Waals surface area (Å²) in [6.07, 6.45) is 4.89. The number of benzene rings is 1. The molecule has 1 aliphatic carbocycles. The maximum atomic E-state index is 13.3. The second-order valence-electron chi connectivity index (χ2n) is 10.5. The number of H-pyrrole nitrogens is 1. The Morgan fingerprint density at radius 3 is 2.62 bits per heavy atom. The number of halogens is 1. The number of nitrogens with one attached hydrogen (secondary N) is 1. The number of aromatic amines is 1. The number of fused-ring (bicyclic) bond motifs is 2. The molecule has 1 aromatic carbocycles. The van der Waals surface area contributed by atoms with Gasteiger partial charge in [0.15, 0.2) is 5.78 Å². The van der Waals surface area contributed by atoms with Crippen molar-refractivity contribution < 1.29 is 9.59 Å². The monoisotopic (exact) mass is 469 g/mol. The molecule has 2 aliphatic rings. The Bertz CT molecular complexity index is 1240. The third kappa shape index (κ3) is 3.57. The molecule has 1 aliphatic heterocycles. The number of carbonyl (C=O) groups excluding carboxylic acids is 2. The number of carbonyl (C=O) groups is 2. The number of ketones is 1. The first-order valence-electron chi connectivity index (χ1n) is 11.2. The van der Waals surface area contributed by atoms with E-state index >= 15 is 0 Å². The maximum Gasteiger partial charge on any atom is 0.253 e. The van der Waals surface area contributed by atoms with E-state index in [1.165, 1.54) is 0 Å². The number of nitrogens with zero attached hydrogens (tertiary/aromatic N) is 2. The van der Waals surface area contributed by atoms with Crippen LogP contribution < -0.4 is 0 Å². The predicted octanol–water partition coefficient (Wildman–Crippen LogP) is 5.94. The molecule has 1 N–H and O–H groups in total. The van der Waals surface area contributed by atoms with Gasteiger partial charge in [0.2, 0.25) is 0 Å². The van der Waals surface area contributed by atoms with Crippen molar-refractivity contribution in [3.8, 4) is 0 Å². The third-order valence-electron chi connectivity index (χ3n) is 6.97. The second-order valence-corrected chi connectivity index (χ2v) is 12.0. The van der Waals surface area contributed by atoms with Gasteiger partial charge in [-0.3, -0.25) is 9.59 Å². The molecule has 32 heavy (non-hydrogen) atoms. The summed E-state index contributed by atoms with van der Waals surface area (Å²) in [6.45, 7) is 9.75. The van der Waals surface area contributed by atoms with Crippen LogP contribution in [-0.2, 0) is 11.8 Å². The number of aryl methyl sites for hydroxylation is 1. The van der Waals surface area contributed by atoms with Gasteiger partial charge in [-0.1, -0.05) is 32.4 Å². The van der Waals surface area contributed by atoms with Gasteiger partial charge in [0.05, 0.1) is 10.0 Å². The molecule has 5 nitrogen and oxygen atoms in total. The van der Waals surface area contributed by atoms with E-state index in [1.54, 1.807) is 17.5 Å². The van der Waals surface area contributed by atoms with Gasteiger partial charge in [0.1, 0.15) is 5.69 Å². The lowest BCUT2D eigenvalue weighted by Crippen LogP contribution is -2.46. The average Bonchev–Trinajstić information content (AvgIpc) is 3.32. The number of amides is 1. The normalized spacial score (nSPS) is 18.4. The van der Waals surface area contributed by atoms with Gasteiger partial charge in [-0.15, -0.1) is 11.3 Å². The Morgan fingerprint density at radius 1 is 1.22 bits per heavy atom. The van der Waals surface area contributed by atoms with Crippen molar-refractivity contribution in [1.29, 1.82) is 0 Å². The number of thiazole rings is 1. The molecule has 2 aromatic heterocycles. The van der Waals surface area contributed by atoms with Crippen molar-refractivity contribution in [3.63, 3.8) is 0 Å². The number of piperidine rings is 1. The number of Topliss-reactive ketones (excluding diaryl/α,β-unsaturated/α-hetero) is 1. The molecule has 0 bridgehead atoms. The van der Waals surface area contributed by atoms with Crippen LogP contribution in [0, 0.1) is 12.3 Å². The highest BCUT2D eigenvalue weighted by molar-refractivity contribution is 7.12. The first kappa shape index (κ1) is 21.7. The summed E-state index contributed by atoms with van der Waals surface area (Å²) in [5.74, 6) is 0.207. The zero-order chi connectivity index (χ0) is 22.8. The molecule has 1 fully saturated rings. The largest absolute Gasteiger partial charge is 0.360 e. The smallest absolute Gasteiger partial charge is 0.253 e. The van der Waals surface area contributed by atoms with Crippen molar-refractivity contribution in [2.45, 2.75) is 58.8 Å². The Morgan fingerprint density at radius 2 is 1.94 bits per heavy atom. The maximum absolute atomic E-state index is 13.3. The molecule has 0 saturated carbocycles. The van der Waals surface area contributed by atoms with Crippen LogP contribution in [-0.4, -0.2) is 39.6 Å². The number of rotatable bonds is 1. The molecule has 3 aromatic rings. The topological polar surface area (TPSA) is 66.1 Å². The van der Waals surface area contributed by atoms with Crippen molar-refractivity contribution in [3.05, 3.63) is 50.1 Å². The van der Waals surface area contributed by atoms with E-state index in [0.29, 0.717) is 35.8 Å². The molecular formula is C25H28ClN3O2S. The predicted molar refractivity (Wildman–Crippen MR) is 129 cm³/mol. The molecule has 0 atom stereocenters. The standard InChI is InChI=1S/C25H28ClN3O2S/c1-14-9-15(10-16-17(26)13-27-20(14)16)22(31)29-7-5-25(6-8-29)11-18(30)21-19(12-25)32-23(28-21)24(2,3)4/h9-10,13,27H,5-8,11-12H2,1-4H3. The molecule has 0 radical (unpaired) electrons. The zero-order valence-electron chi connectivity index (χ0n) is 19.0. The first-order chi connectivity index (χ1) is 15.1. The van der Waals surface area contributed by atoms with Gasteiger partial charge >= 0.3 is 0 Å². The van der Waals surface area contributed by atoms with Crippen LogP contribution in [0.1, 0.15) is 76.3 Å². The van der Waals surface area contributed by atoms with Gasteiger partial charge in [0.25, 0.3) is 5.91 Å². The minimum Gasteiger partial charge on any atom is -0.360 e. The second kappa shape index (κ2) is 7.42. The minimum absolute atomic E-state index is 0.0396. The van der Waals surface area contributed by atoms with Gasteiger partial charge < -0.3 is 9.88 Å². The Kier molecular flexibility index (Phi) is 5.02. The summed E-state index contributed by atoms with van der Waals surface area (Å²) >= 11 is 7.99. The fourth-order valence-corrected chi connectivity index (χ4v) is 6.58. The molecule has 168 valence electrons. The van der Waals surface area contributed by atoms with E-state index in [0.717, 1.165) is 45.6 Å². The molecule has 1 spiro atoms. The van der Waals surface area contributed by atoms with Crippen molar-refractivity contribution in [1.82, 2.24) is 14.9 Å². The van der Waals surface area contributed by atoms with E-state index in [4.69, 9.17) is 16.6 Å². The Labute approximate surface area is 197 Å². The van der Waals surface area contributed by atoms with Crippen molar-refractivity contribution in [2.24, 2.45) is 5.41 Å². The zero-order valence-corrected chi connectivity index (χ0v) is 20.5. The summed E-state index contributed by atoms with van der Waals surface area (Å²) in [5, 5.41) is 2.55. The van der Waals surface area contributed by atoms with Gasteiger partial charge in [-0.2, -0.15) is 0 Å². The SMILES string of the molecule is Cc1cc(C(=O)N2CCC3(CC2)CC(=O)c2nc(C(C)(C)C)sc2C3)cc2c(Cl)c[nH]c12. The van der Waals surface area contributed by atoms with Crippen molar-refractivity contribution >= 4 is 45.5 Å². The summed E-state index contributed by atoms with van der Waals surface area (Å²) in [6, 6.07) is 3.82. The summed E-state index contributed by atoms with van der Waals surface area (Å²) in [7, 11) is 0. The van der Waals surface area contributed by atoms with Crippen LogP contribution in [0.3, 0.4) is 0 Å². The lowest BCUT2D eigenvalue weighted by molar-refractivity contribution is 0.0522. The van der Waals surface area contributed by atoms with E-state index in [1.807, 2.05) is 24.0 Å². The fraction of sp³-hybridized carbons (Fsp3) is 0.480. The molecule has 5 rings (SSSR count). The summed E-state index contributed by atoms with van der Waals surface area (Å²) < 4.78 is 0. The minimum atomic E-state index is -0.0492. The van der Waals surface area contributed by atoms with Gasteiger partial charge in [0, 0.05) is 52.5 Å². The Balaban J connectivity index is 1.34. The number of aromatic nitrogens is 2. The lowest BCUT2D eigenvalue weighted by atomic mass is 9.68. The number of hydrogen-bond donors (Lipinski definition) is 1. The van der Waals surface area contributed by atoms with E-state index in [2.05, 4.69) is 25.8 Å². The van der Waals surface area contributed by atoms with Crippen LogP contribution in [0.4, 0.5) is 0 Å². The quantitative estimate of drug-likeness (QED) is 0.480.